The van der Waals surface area contributed by atoms with Crippen LogP contribution in [0, 0.1) is 6.92 Å². The van der Waals surface area contributed by atoms with Crippen LogP contribution >= 0.6 is 11.3 Å². The molecular weight excluding hydrogens is 308 g/mol. The Bertz CT molecular complexity index is 840. The highest BCUT2D eigenvalue weighted by molar-refractivity contribution is 7.07. The van der Waals surface area contributed by atoms with Crippen LogP contribution in [0.3, 0.4) is 0 Å². The predicted molar refractivity (Wildman–Crippen MR) is 90.8 cm³/mol. The molecule has 1 atom stereocenters. The number of aryl methyl sites for hydroxylation is 1. The van der Waals surface area contributed by atoms with Crippen LogP contribution < -0.4 is 0 Å². The zero-order valence-electron chi connectivity index (χ0n) is 13.0. The van der Waals surface area contributed by atoms with Gasteiger partial charge in [0.05, 0.1) is 16.5 Å². The molecule has 1 aliphatic rings. The largest absolute Gasteiger partial charge is 0.342 e. The molecule has 1 aliphatic heterocycles. The fourth-order valence-corrected chi connectivity index (χ4v) is 3.78. The van der Waals surface area contributed by atoms with Crippen molar-refractivity contribution in [3.05, 3.63) is 46.2 Å². The van der Waals surface area contributed by atoms with Crippen molar-refractivity contribution in [2.45, 2.75) is 25.7 Å². The number of nitrogens with one attached hydrogen (secondary N) is 1. The fourth-order valence-electron chi connectivity index (χ4n) is 3.25. The number of carbonyl (C=O) groups excluding carboxylic acids is 1. The van der Waals surface area contributed by atoms with Crippen molar-refractivity contribution in [1.29, 1.82) is 0 Å². The first-order chi connectivity index (χ1) is 11.2. The highest BCUT2D eigenvalue weighted by Crippen LogP contribution is 2.28. The fraction of sp³-hybridized carbons (Fsp3) is 0.353. The number of nitrogens with zero attached hydrogens (tertiary/aromatic N) is 3. The number of piperidine rings is 1. The van der Waals surface area contributed by atoms with Gasteiger partial charge in [0, 0.05) is 24.4 Å². The van der Waals surface area contributed by atoms with Crippen LogP contribution in [0.25, 0.3) is 11.0 Å². The van der Waals surface area contributed by atoms with E-state index in [1.54, 1.807) is 5.51 Å². The Labute approximate surface area is 138 Å². The van der Waals surface area contributed by atoms with Gasteiger partial charge >= 0.3 is 0 Å². The minimum absolute atomic E-state index is 0.0308. The van der Waals surface area contributed by atoms with E-state index in [1.165, 1.54) is 16.9 Å². The lowest BCUT2D eigenvalue weighted by atomic mass is 9.97. The van der Waals surface area contributed by atoms with E-state index in [0.717, 1.165) is 36.2 Å². The molecule has 0 bridgehead atoms. The van der Waals surface area contributed by atoms with Crippen molar-refractivity contribution in [2.24, 2.45) is 0 Å². The summed E-state index contributed by atoms with van der Waals surface area (Å²) < 4.78 is 0. The monoisotopic (exact) mass is 326 g/mol. The molecule has 0 radical (unpaired) electrons. The molecule has 5 nitrogen and oxygen atoms in total. The number of H-pyrrole nitrogens is 1. The summed E-state index contributed by atoms with van der Waals surface area (Å²) in [6, 6.07) is 6.17. The Morgan fingerprint density at radius 2 is 2.35 bits per heavy atom. The summed E-state index contributed by atoms with van der Waals surface area (Å²) in [6.45, 7) is 3.58. The van der Waals surface area contributed by atoms with Crippen LogP contribution in [-0.2, 0) is 0 Å². The zero-order chi connectivity index (χ0) is 15.8. The number of thiazole rings is 1. The smallest absolute Gasteiger partial charge is 0.273 e. The van der Waals surface area contributed by atoms with Crippen LogP contribution in [0.1, 0.15) is 40.6 Å². The van der Waals surface area contributed by atoms with Crippen molar-refractivity contribution in [2.75, 3.05) is 13.1 Å². The Morgan fingerprint density at radius 3 is 3.13 bits per heavy atom. The number of para-hydroxylation sites is 1. The molecule has 1 amide bonds. The summed E-state index contributed by atoms with van der Waals surface area (Å²) in [6.07, 6.45) is 2.05. The van der Waals surface area contributed by atoms with Crippen LogP contribution in [0.2, 0.25) is 0 Å². The highest BCUT2D eigenvalue weighted by atomic mass is 32.1. The topological polar surface area (TPSA) is 61.9 Å². The van der Waals surface area contributed by atoms with Gasteiger partial charge in [0.25, 0.3) is 5.91 Å². The third kappa shape index (κ3) is 2.63. The van der Waals surface area contributed by atoms with Gasteiger partial charge in [-0.15, -0.1) is 11.3 Å². The number of likely N-dealkylation sites (tertiary alicyclic amines) is 1. The van der Waals surface area contributed by atoms with E-state index in [1.807, 2.05) is 16.3 Å². The number of aromatic nitrogens is 3. The maximum absolute atomic E-state index is 12.5. The quantitative estimate of drug-likeness (QED) is 0.785. The Hall–Kier alpha value is -2.21. The zero-order valence-corrected chi connectivity index (χ0v) is 13.8. The SMILES string of the molecule is Cc1cccc2[nH]c(C3CCCN(C(=O)c4cscn4)C3)nc12. The van der Waals surface area contributed by atoms with Crippen LogP contribution in [-0.4, -0.2) is 38.8 Å². The van der Waals surface area contributed by atoms with Crippen LogP contribution in [0.5, 0.6) is 0 Å². The van der Waals surface area contributed by atoms with Crippen molar-refractivity contribution in [3.63, 3.8) is 0 Å². The normalized spacial score (nSPS) is 18.5. The van der Waals surface area contributed by atoms with Crippen molar-refractivity contribution in [1.82, 2.24) is 19.9 Å². The molecule has 1 saturated heterocycles. The standard InChI is InChI=1S/C17H18N4OS/c1-11-4-2-6-13-15(11)20-16(19-13)12-5-3-7-21(8-12)17(22)14-9-23-10-18-14/h2,4,6,9-10,12H,3,5,7-8H2,1H3,(H,19,20). The van der Waals surface area contributed by atoms with E-state index >= 15 is 0 Å². The van der Waals surface area contributed by atoms with Gasteiger partial charge in [-0.25, -0.2) is 9.97 Å². The number of hydrogen-bond acceptors (Lipinski definition) is 4. The average Bonchev–Trinajstić information content (AvgIpc) is 3.24. The van der Waals surface area contributed by atoms with E-state index in [9.17, 15) is 4.79 Å². The Morgan fingerprint density at radius 1 is 1.43 bits per heavy atom. The Kier molecular flexibility index (Phi) is 3.61. The second-order valence-electron chi connectivity index (χ2n) is 6.06. The summed E-state index contributed by atoms with van der Waals surface area (Å²) in [4.78, 5) is 26.8. The van der Waals surface area contributed by atoms with Crippen molar-refractivity contribution in [3.8, 4) is 0 Å². The lowest BCUT2D eigenvalue weighted by Crippen LogP contribution is -2.39. The highest BCUT2D eigenvalue weighted by Gasteiger charge is 2.28. The van der Waals surface area contributed by atoms with E-state index in [2.05, 4.69) is 29.0 Å². The van der Waals surface area contributed by atoms with Crippen LogP contribution in [0.15, 0.2) is 29.1 Å². The number of imidazole rings is 1. The predicted octanol–water partition coefficient (Wildman–Crippen LogP) is 3.35. The lowest BCUT2D eigenvalue weighted by molar-refractivity contribution is 0.0700. The number of aromatic amines is 1. The molecule has 1 N–H and O–H groups in total. The maximum Gasteiger partial charge on any atom is 0.273 e. The van der Waals surface area contributed by atoms with Gasteiger partial charge in [0.15, 0.2) is 0 Å². The minimum atomic E-state index is 0.0308. The second kappa shape index (κ2) is 5.77. The molecule has 0 saturated carbocycles. The molecule has 0 aliphatic carbocycles. The van der Waals surface area contributed by atoms with Crippen LogP contribution in [0.4, 0.5) is 0 Å². The second-order valence-corrected chi connectivity index (χ2v) is 6.78. The van der Waals surface area contributed by atoms with Gasteiger partial charge in [-0.1, -0.05) is 12.1 Å². The van der Waals surface area contributed by atoms with E-state index < -0.39 is 0 Å². The number of benzene rings is 1. The summed E-state index contributed by atoms with van der Waals surface area (Å²) in [5, 5.41) is 1.82. The third-order valence-corrected chi connectivity index (χ3v) is 5.07. The molecular formula is C17H18N4OS. The first kappa shape index (κ1) is 14.4. The molecule has 6 heteroatoms. The first-order valence-electron chi connectivity index (χ1n) is 7.85. The first-order valence-corrected chi connectivity index (χ1v) is 8.79. The summed E-state index contributed by atoms with van der Waals surface area (Å²) in [7, 11) is 0. The minimum Gasteiger partial charge on any atom is -0.342 e. The van der Waals surface area contributed by atoms with Gasteiger partial charge in [-0.3, -0.25) is 4.79 Å². The summed E-state index contributed by atoms with van der Waals surface area (Å²) >= 11 is 1.46. The number of fused-ring (bicyclic) bond motifs is 1. The molecule has 2 aromatic heterocycles. The number of hydrogen-bond donors (Lipinski definition) is 1. The van der Waals surface area contributed by atoms with Gasteiger partial charge in [-0.05, 0) is 31.4 Å². The van der Waals surface area contributed by atoms with E-state index in [0.29, 0.717) is 12.2 Å². The van der Waals surface area contributed by atoms with Crippen molar-refractivity contribution < 1.29 is 4.79 Å². The van der Waals surface area contributed by atoms with Gasteiger partial charge < -0.3 is 9.88 Å². The third-order valence-electron chi connectivity index (χ3n) is 4.48. The molecule has 23 heavy (non-hydrogen) atoms. The Balaban J connectivity index is 1.59. The maximum atomic E-state index is 12.5. The summed E-state index contributed by atoms with van der Waals surface area (Å²) in [5.41, 5.74) is 5.54. The molecule has 3 aromatic rings. The molecule has 0 spiro atoms. The molecule has 1 unspecified atom stereocenters. The molecule has 118 valence electrons. The summed E-state index contributed by atoms with van der Waals surface area (Å²) in [5.74, 6) is 1.28. The molecule has 4 rings (SSSR count). The van der Waals surface area contributed by atoms with Crippen molar-refractivity contribution >= 4 is 28.3 Å². The average molecular weight is 326 g/mol. The van der Waals surface area contributed by atoms with E-state index in [-0.39, 0.29) is 11.8 Å². The number of amides is 1. The number of rotatable bonds is 2. The van der Waals surface area contributed by atoms with Gasteiger partial charge in [0.2, 0.25) is 0 Å². The lowest BCUT2D eigenvalue weighted by Gasteiger charge is -2.31. The molecule has 1 fully saturated rings. The van der Waals surface area contributed by atoms with E-state index in [4.69, 9.17) is 4.98 Å². The van der Waals surface area contributed by atoms with Gasteiger partial charge in [-0.2, -0.15) is 0 Å². The number of carbonyl (C=O) groups is 1. The molecule has 1 aromatic carbocycles. The molecule has 3 heterocycles. The van der Waals surface area contributed by atoms with Gasteiger partial charge in [0.1, 0.15) is 11.5 Å².